The van der Waals surface area contributed by atoms with Gasteiger partial charge in [-0.1, -0.05) is 12.8 Å². The molecule has 30 heavy (non-hydrogen) atoms. The number of rotatable bonds is 9. The molecular formula is C19H26F4N4O3. The van der Waals surface area contributed by atoms with Crippen LogP contribution in [0.4, 0.5) is 17.6 Å². The predicted octanol–water partition coefficient (Wildman–Crippen LogP) is 2.30. The molecule has 0 radical (unpaired) electrons. The van der Waals surface area contributed by atoms with Gasteiger partial charge in [0.15, 0.2) is 29.1 Å². The predicted molar refractivity (Wildman–Crippen MR) is 102 cm³/mol. The summed E-state index contributed by atoms with van der Waals surface area (Å²) in [6, 6.07) is 0.0585. The molecule has 0 atom stereocenters. The van der Waals surface area contributed by atoms with Crippen molar-refractivity contribution >= 4 is 17.6 Å². The highest BCUT2D eigenvalue weighted by molar-refractivity contribution is 5.80. The van der Waals surface area contributed by atoms with Gasteiger partial charge in [-0.2, -0.15) is 8.78 Å². The summed E-state index contributed by atoms with van der Waals surface area (Å²) in [5.74, 6) is -8.25. The van der Waals surface area contributed by atoms with Crippen molar-refractivity contribution in [1.29, 1.82) is 0 Å². The monoisotopic (exact) mass is 434 g/mol. The molecule has 0 aliphatic heterocycles. The number of unbranched alkanes of at least 4 members (excludes halogenated alkanes) is 1. The number of hydrogen-bond donors (Lipinski definition) is 3. The van der Waals surface area contributed by atoms with E-state index in [9.17, 15) is 27.2 Å². The number of Topliss-reactive ketones (excluding diaryl/α,β-unsaturated/α-hetero) is 1. The summed E-state index contributed by atoms with van der Waals surface area (Å²) in [7, 11) is 0. The lowest BCUT2D eigenvalue weighted by Crippen LogP contribution is -2.23. The molecule has 0 bridgehead atoms. The van der Waals surface area contributed by atoms with E-state index in [2.05, 4.69) is 9.73 Å². The van der Waals surface area contributed by atoms with Crippen LogP contribution in [-0.4, -0.2) is 30.8 Å². The van der Waals surface area contributed by atoms with Gasteiger partial charge in [0.05, 0.1) is 0 Å². The van der Waals surface area contributed by atoms with Gasteiger partial charge >= 0.3 is 0 Å². The SMILES string of the molecule is NC(=O)C1CCCC1.NC(N)=NCCCCC(=O)COc1c(F)c(F)cc(F)c1F. The Morgan fingerprint density at radius 2 is 1.57 bits per heavy atom. The number of nitrogens with zero attached hydrogens (tertiary/aromatic N) is 1. The van der Waals surface area contributed by atoms with E-state index in [0.717, 1.165) is 12.8 Å². The van der Waals surface area contributed by atoms with Gasteiger partial charge in [0.25, 0.3) is 0 Å². The van der Waals surface area contributed by atoms with E-state index in [1.54, 1.807) is 0 Å². The molecule has 0 spiro atoms. The Labute approximate surface area is 171 Å². The Balaban J connectivity index is 0.000000467. The number of carbonyl (C=O) groups is 2. The molecule has 1 amide bonds. The van der Waals surface area contributed by atoms with Crippen LogP contribution in [0.1, 0.15) is 44.9 Å². The lowest BCUT2D eigenvalue weighted by Gasteiger charge is -2.08. The average Bonchev–Trinajstić information content (AvgIpc) is 3.21. The van der Waals surface area contributed by atoms with Crippen molar-refractivity contribution in [2.75, 3.05) is 13.2 Å². The molecular weight excluding hydrogens is 408 g/mol. The number of guanidine groups is 1. The first-order valence-corrected chi connectivity index (χ1v) is 9.45. The quantitative estimate of drug-likeness (QED) is 0.180. The third kappa shape index (κ3) is 8.66. The number of ketones is 1. The van der Waals surface area contributed by atoms with Crippen molar-refractivity contribution in [2.24, 2.45) is 28.1 Å². The van der Waals surface area contributed by atoms with Gasteiger partial charge in [-0.15, -0.1) is 0 Å². The zero-order valence-corrected chi connectivity index (χ0v) is 16.4. The van der Waals surface area contributed by atoms with Gasteiger partial charge in [0.2, 0.25) is 17.5 Å². The number of halogens is 4. The van der Waals surface area contributed by atoms with Crippen LogP contribution in [0.3, 0.4) is 0 Å². The number of nitrogens with two attached hydrogens (primary N) is 3. The van der Waals surface area contributed by atoms with Crippen LogP contribution < -0.4 is 21.9 Å². The van der Waals surface area contributed by atoms with Gasteiger partial charge in [-0.3, -0.25) is 14.6 Å². The van der Waals surface area contributed by atoms with Crippen LogP contribution in [0.5, 0.6) is 5.75 Å². The van der Waals surface area contributed by atoms with Crippen LogP contribution in [0.15, 0.2) is 11.1 Å². The summed E-state index contributed by atoms with van der Waals surface area (Å²) in [5.41, 5.74) is 15.3. The molecule has 1 saturated carbocycles. The Hall–Kier alpha value is -2.85. The lowest BCUT2D eigenvalue weighted by atomic mass is 10.1. The van der Waals surface area contributed by atoms with Crippen molar-refractivity contribution in [3.8, 4) is 5.75 Å². The fourth-order valence-corrected chi connectivity index (χ4v) is 2.76. The number of aliphatic imine (C=N–C) groups is 1. The fourth-order valence-electron chi connectivity index (χ4n) is 2.76. The van der Waals surface area contributed by atoms with E-state index in [0.29, 0.717) is 19.4 Å². The average molecular weight is 434 g/mol. The molecule has 1 aromatic rings. The van der Waals surface area contributed by atoms with E-state index >= 15 is 0 Å². The maximum absolute atomic E-state index is 13.3. The zero-order chi connectivity index (χ0) is 22.7. The Kier molecular flexibility index (Phi) is 10.6. The zero-order valence-electron chi connectivity index (χ0n) is 16.4. The number of carbonyl (C=O) groups excluding carboxylic acids is 2. The van der Waals surface area contributed by atoms with Crippen molar-refractivity contribution in [2.45, 2.75) is 44.9 Å². The van der Waals surface area contributed by atoms with Gasteiger partial charge in [0, 0.05) is 24.9 Å². The van der Waals surface area contributed by atoms with Crippen molar-refractivity contribution in [3.63, 3.8) is 0 Å². The Morgan fingerprint density at radius 1 is 1.00 bits per heavy atom. The van der Waals surface area contributed by atoms with Crippen molar-refractivity contribution in [3.05, 3.63) is 29.3 Å². The molecule has 6 N–H and O–H groups in total. The summed E-state index contributed by atoms with van der Waals surface area (Å²) in [4.78, 5) is 25.6. The van der Waals surface area contributed by atoms with Crippen LogP contribution in [0.25, 0.3) is 0 Å². The number of primary amides is 1. The number of hydrogen-bond acceptors (Lipinski definition) is 4. The second-order valence-electron chi connectivity index (χ2n) is 6.77. The summed E-state index contributed by atoms with van der Waals surface area (Å²) < 4.78 is 56.9. The van der Waals surface area contributed by atoms with E-state index in [1.807, 2.05) is 0 Å². The highest BCUT2D eigenvalue weighted by Crippen LogP contribution is 2.26. The molecule has 1 aliphatic rings. The summed E-state index contributed by atoms with van der Waals surface area (Å²) in [6.07, 6.45) is 5.44. The van der Waals surface area contributed by atoms with Crippen molar-refractivity contribution < 1.29 is 31.9 Å². The van der Waals surface area contributed by atoms with Gasteiger partial charge < -0.3 is 21.9 Å². The smallest absolute Gasteiger partial charge is 0.220 e. The topological polar surface area (TPSA) is 134 Å². The highest BCUT2D eigenvalue weighted by atomic mass is 19.2. The molecule has 0 saturated heterocycles. The second kappa shape index (κ2) is 12.7. The highest BCUT2D eigenvalue weighted by Gasteiger charge is 2.21. The molecule has 1 aliphatic carbocycles. The minimum Gasteiger partial charge on any atom is -0.480 e. The molecule has 2 rings (SSSR count). The standard InChI is InChI=1S/C13H15F4N3O2.C6H11NO/c14-8-5-9(15)11(17)12(10(8)16)22-6-7(21)3-1-2-4-20-13(18)19;7-6(8)5-3-1-2-4-5/h5H,1-4,6H2,(H4,18,19,20);5H,1-4H2,(H2,7,8). The first kappa shape index (κ1) is 25.2. The number of ether oxygens (including phenoxy) is 1. The molecule has 1 fully saturated rings. The minimum absolute atomic E-state index is 0.0566. The fraction of sp³-hybridized carbons (Fsp3) is 0.526. The van der Waals surface area contributed by atoms with Crippen LogP contribution in [-0.2, 0) is 9.59 Å². The first-order chi connectivity index (χ1) is 14.1. The Bertz CT molecular complexity index is 738. The van der Waals surface area contributed by atoms with E-state index in [1.165, 1.54) is 12.8 Å². The normalized spacial score (nSPS) is 13.3. The summed E-state index contributed by atoms with van der Waals surface area (Å²) in [6.45, 7) is -0.353. The molecule has 0 unspecified atom stereocenters. The van der Waals surface area contributed by atoms with Crippen LogP contribution in [0.2, 0.25) is 0 Å². The third-order valence-electron chi connectivity index (χ3n) is 4.36. The maximum atomic E-state index is 13.3. The lowest BCUT2D eigenvalue weighted by molar-refractivity contribution is -0.122. The molecule has 1 aromatic carbocycles. The molecule has 11 heteroatoms. The summed E-state index contributed by atoms with van der Waals surface area (Å²) >= 11 is 0. The molecule has 0 heterocycles. The molecule has 7 nitrogen and oxygen atoms in total. The minimum atomic E-state index is -1.68. The third-order valence-corrected chi connectivity index (χ3v) is 4.36. The first-order valence-electron chi connectivity index (χ1n) is 9.45. The van der Waals surface area contributed by atoms with Gasteiger partial charge in [-0.25, -0.2) is 8.78 Å². The maximum Gasteiger partial charge on any atom is 0.220 e. The van der Waals surface area contributed by atoms with Crippen LogP contribution >= 0.6 is 0 Å². The summed E-state index contributed by atoms with van der Waals surface area (Å²) in [5, 5.41) is 0. The largest absolute Gasteiger partial charge is 0.480 e. The Morgan fingerprint density at radius 3 is 2.03 bits per heavy atom. The second-order valence-corrected chi connectivity index (χ2v) is 6.77. The van der Waals surface area contributed by atoms with E-state index in [4.69, 9.17) is 17.2 Å². The van der Waals surface area contributed by atoms with Crippen LogP contribution in [0, 0.1) is 29.2 Å². The van der Waals surface area contributed by atoms with Crippen molar-refractivity contribution in [1.82, 2.24) is 0 Å². The van der Waals surface area contributed by atoms with Gasteiger partial charge in [-0.05, 0) is 25.7 Å². The van der Waals surface area contributed by atoms with E-state index in [-0.39, 0.29) is 30.3 Å². The number of amides is 1. The number of benzene rings is 1. The van der Waals surface area contributed by atoms with Gasteiger partial charge in [0.1, 0.15) is 6.61 Å². The molecule has 168 valence electrons. The van der Waals surface area contributed by atoms with E-state index < -0.39 is 41.4 Å². The molecule has 0 aromatic heterocycles.